The topological polar surface area (TPSA) is 67.6 Å². The van der Waals surface area contributed by atoms with Crippen LogP contribution in [0.5, 0.6) is 0 Å². The zero-order valence-corrected chi connectivity index (χ0v) is 13.6. The predicted molar refractivity (Wildman–Crippen MR) is 87.7 cm³/mol. The van der Waals surface area contributed by atoms with Crippen LogP contribution in [0.3, 0.4) is 0 Å². The molecule has 5 nitrogen and oxygen atoms in total. The van der Waals surface area contributed by atoms with Crippen LogP contribution in [0.1, 0.15) is 19.8 Å². The molecular formula is C15H24ClN3O2. The third kappa shape index (κ3) is 6.33. The van der Waals surface area contributed by atoms with Crippen LogP contribution in [0.15, 0.2) is 18.2 Å². The highest BCUT2D eigenvalue weighted by molar-refractivity contribution is 6.31. The molecule has 0 aliphatic rings. The summed E-state index contributed by atoms with van der Waals surface area (Å²) in [5, 5.41) is 3.34. The number of likely N-dealkylation sites (N-methyl/N-ethyl adjacent to an activating group) is 1. The molecule has 0 heterocycles. The van der Waals surface area contributed by atoms with E-state index in [2.05, 4.69) is 17.1 Å². The third-order valence-corrected chi connectivity index (χ3v) is 3.60. The van der Waals surface area contributed by atoms with E-state index in [4.69, 9.17) is 22.1 Å². The number of nitrogens with one attached hydrogen (secondary N) is 1. The number of nitrogens with two attached hydrogens (primary N) is 1. The number of halogens is 1. The maximum atomic E-state index is 11.9. The smallest absolute Gasteiger partial charge is 0.224 e. The van der Waals surface area contributed by atoms with Crippen LogP contribution in [-0.4, -0.2) is 44.2 Å². The van der Waals surface area contributed by atoms with E-state index >= 15 is 0 Å². The number of hydrogen-bond acceptors (Lipinski definition) is 4. The lowest BCUT2D eigenvalue weighted by Crippen LogP contribution is -2.33. The molecule has 0 saturated heterocycles. The van der Waals surface area contributed by atoms with Gasteiger partial charge < -0.3 is 20.7 Å². The van der Waals surface area contributed by atoms with Gasteiger partial charge in [-0.25, -0.2) is 0 Å². The van der Waals surface area contributed by atoms with E-state index < -0.39 is 0 Å². The Bertz CT molecular complexity index is 468. The molecule has 1 amide bonds. The van der Waals surface area contributed by atoms with Gasteiger partial charge in [-0.2, -0.15) is 0 Å². The Labute approximate surface area is 131 Å². The number of methoxy groups -OCH3 is 1. The highest BCUT2D eigenvalue weighted by Crippen LogP contribution is 2.23. The molecule has 0 radical (unpaired) electrons. The van der Waals surface area contributed by atoms with E-state index in [0.29, 0.717) is 35.5 Å². The number of carbonyl (C=O) groups excluding carboxylic acids is 1. The molecule has 0 spiro atoms. The number of rotatable bonds is 8. The standard InChI is InChI=1S/C15H24ClN3O2/c1-11(10-21-3)19(2)8-4-5-15(20)18-14-9-12(16)6-7-13(14)17/h6-7,9,11H,4-5,8,10,17H2,1-3H3,(H,18,20). The lowest BCUT2D eigenvalue weighted by Gasteiger charge is -2.23. The Morgan fingerprint density at radius 2 is 2.24 bits per heavy atom. The normalized spacial score (nSPS) is 12.4. The van der Waals surface area contributed by atoms with Gasteiger partial charge in [-0.3, -0.25) is 4.79 Å². The molecule has 6 heteroatoms. The average molecular weight is 314 g/mol. The van der Waals surface area contributed by atoms with Crippen molar-refractivity contribution in [2.24, 2.45) is 0 Å². The predicted octanol–water partition coefficient (Wildman–Crippen LogP) is 2.61. The van der Waals surface area contributed by atoms with Crippen molar-refractivity contribution in [1.82, 2.24) is 4.90 Å². The minimum absolute atomic E-state index is 0.0586. The number of ether oxygens (including phenoxy) is 1. The minimum Gasteiger partial charge on any atom is -0.397 e. The third-order valence-electron chi connectivity index (χ3n) is 3.36. The fourth-order valence-electron chi connectivity index (χ4n) is 1.93. The van der Waals surface area contributed by atoms with Gasteiger partial charge in [-0.05, 0) is 45.1 Å². The summed E-state index contributed by atoms with van der Waals surface area (Å²) in [4.78, 5) is 14.1. The van der Waals surface area contributed by atoms with Crippen molar-refractivity contribution < 1.29 is 9.53 Å². The van der Waals surface area contributed by atoms with Gasteiger partial charge in [0.15, 0.2) is 0 Å². The molecule has 21 heavy (non-hydrogen) atoms. The van der Waals surface area contributed by atoms with Gasteiger partial charge in [0.1, 0.15) is 0 Å². The molecule has 1 unspecified atom stereocenters. The first-order chi connectivity index (χ1) is 9.93. The number of amides is 1. The molecule has 118 valence electrons. The molecule has 1 aromatic carbocycles. The van der Waals surface area contributed by atoms with Gasteiger partial charge in [0.2, 0.25) is 5.91 Å². The first-order valence-corrected chi connectivity index (χ1v) is 7.36. The second kappa shape index (κ2) is 8.87. The Hall–Kier alpha value is -1.30. The zero-order chi connectivity index (χ0) is 15.8. The number of anilines is 2. The van der Waals surface area contributed by atoms with Crippen LogP contribution in [-0.2, 0) is 9.53 Å². The number of hydrogen-bond donors (Lipinski definition) is 2. The van der Waals surface area contributed by atoms with Crippen molar-refractivity contribution in [3.8, 4) is 0 Å². The fraction of sp³-hybridized carbons (Fsp3) is 0.533. The van der Waals surface area contributed by atoms with Gasteiger partial charge in [0.05, 0.1) is 18.0 Å². The van der Waals surface area contributed by atoms with Crippen molar-refractivity contribution in [3.05, 3.63) is 23.2 Å². The summed E-state index contributed by atoms with van der Waals surface area (Å²) in [7, 11) is 3.71. The Balaban J connectivity index is 2.36. The second-order valence-corrected chi connectivity index (χ2v) is 5.60. The molecule has 0 aliphatic carbocycles. The first-order valence-electron chi connectivity index (χ1n) is 6.98. The van der Waals surface area contributed by atoms with Crippen molar-refractivity contribution in [1.29, 1.82) is 0 Å². The summed E-state index contributed by atoms with van der Waals surface area (Å²) >= 11 is 5.89. The number of benzene rings is 1. The molecule has 0 bridgehead atoms. The molecule has 0 aliphatic heterocycles. The van der Waals surface area contributed by atoms with E-state index in [1.54, 1.807) is 25.3 Å². The van der Waals surface area contributed by atoms with Crippen LogP contribution < -0.4 is 11.1 Å². The maximum Gasteiger partial charge on any atom is 0.224 e. The Morgan fingerprint density at radius 1 is 1.52 bits per heavy atom. The van der Waals surface area contributed by atoms with Crippen LogP contribution >= 0.6 is 11.6 Å². The molecule has 1 aromatic rings. The molecule has 1 atom stereocenters. The lowest BCUT2D eigenvalue weighted by atomic mass is 10.2. The fourth-order valence-corrected chi connectivity index (χ4v) is 2.10. The lowest BCUT2D eigenvalue weighted by molar-refractivity contribution is -0.116. The van der Waals surface area contributed by atoms with Gasteiger partial charge in [-0.1, -0.05) is 11.6 Å². The summed E-state index contributed by atoms with van der Waals surface area (Å²) in [6.45, 7) is 3.61. The molecule has 1 rings (SSSR count). The highest BCUT2D eigenvalue weighted by Gasteiger charge is 2.10. The first kappa shape index (κ1) is 17.8. The maximum absolute atomic E-state index is 11.9. The van der Waals surface area contributed by atoms with Gasteiger partial charge in [0.25, 0.3) is 0 Å². The SMILES string of the molecule is COCC(C)N(C)CCCC(=O)Nc1cc(Cl)ccc1N. The second-order valence-electron chi connectivity index (χ2n) is 5.17. The van der Waals surface area contributed by atoms with E-state index in [0.717, 1.165) is 13.0 Å². The summed E-state index contributed by atoms with van der Waals surface area (Å²) in [5.74, 6) is -0.0586. The van der Waals surface area contributed by atoms with Gasteiger partial charge in [0, 0.05) is 24.6 Å². The van der Waals surface area contributed by atoms with Crippen molar-refractivity contribution in [3.63, 3.8) is 0 Å². The van der Waals surface area contributed by atoms with Crippen LogP contribution in [0.2, 0.25) is 5.02 Å². The molecule has 0 saturated carbocycles. The molecular weight excluding hydrogens is 290 g/mol. The van der Waals surface area contributed by atoms with Gasteiger partial charge in [-0.15, -0.1) is 0 Å². The Morgan fingerprint density at radius 3 is 2.90 bits per heavy atom. The largest absolute Gasteiger partial charge is 0.397 e. The summed E-state index contributed by atoms with van der Waals surface area (Å²) in [6, 6.07) is 5.36. The van der Waals surface area contributed by atoms with Crippen LogP contribution in [0, 0.1) is 0 Å². The summed E-state index contributed by atoms with van der Waals surface area (Å²) in [5.41, 5.74) is 6.87. The minimum atomic E-state index is -0.0586. The molecule has 0 aromatic heterocycles. The Kier molecular flexibility index (Phi) is 7.50. The van der Waals surface area contributed by atoms with E-state index in [1.165, 1.54) is 0 Å². The molecule has 0 fully saturated rings. The average Bonchev–Trinajstić information content (AvgIpc) is 2.43. The van der Waals surface area contributed by atoms with Gasteiger partial charge >= 0.3 is 0 Å². The number of nitrogen functional groups attached to an aromatic ring is 1. The molecule has 3 N–H and O–H groups in total. The number of carbonyl (C=O) groups is 1. The van der Waals surface area contributed by atoms with Crippen LogP contribution in [0.4, 0.5) is 11.4 Å². The quantitative estimate of drug-likeness (QED) is 0.724. The van der Waals surface area contributed by atoms with E-state index in [1.807, 2.05) is 7.05 Å². The van der Waals surface area contributed by atoms with Crippen LogP contribution in [0.25, 0.3) is 0 Å². The summed E-state index contributed by atoms with van der Waals surface area (Å²) < 4.78 is 5.11. The summed E-state index contributed by atoms with van der Waals surface area (Å²) in [6.07, 6.45) is 1.22. The van der Waals surface area contributed by atoms with E-state index in [-0.39, 0.29) is 5.91 Å². The monoisotopic (exact) mass is 313 g/mol. The number of nitrogens with zero attached hydrogens (tertiary/aromatic N) is 1. The van der Waals surface area contributed by atoms with Crippen molar-refractivity contribution in [2.75, 3.05) is 38.4 Å². The van der Waals surface area contributed by atoms with Crippen molar-refractivity contribution in [2.45, 2.75) is 25.8 Å². The zero-order valence-electron chi connectivity index (χ0n) is 12.9. The van der Waals surface area contributed by atoms with Crippen molar-refractivity contribution >= 4 is 28.9 Å². The highest BCUT2D eigenvalue weighted by atomic mass is 35.5. The van der Waals surface area contributed by atoms with E-state index in [9.17, 15) is 4.79 Å².